The van der Waals surface area contributed by atoms with Crippen molar-refractivity contribution in [1.82, 2.24) is 0 Å². The van der Waals surface area contributed by atoms with Gasteiger partial charge in [0.25, 0.3) is 0 Å². The molecular weight excluding hydrogens is 1010 g/mol. The van der Waals surface area contributed by atoms with Crippen LogP contribution in [0.15, 0.2) is 122 Å². The van der Waals surface area contributed by atoms with Crippen LogP contribution in [-0.2, 0) is 28.6 Å². The standard InChI is InChI=1S/C76H128O6/c1-4-7-10-13-16-19-22-25-28-31-34-35-36-37-38-39-40-41-43-45-48-51-54-57-60-63-66-69-75(78)81-72-73(71-80-74(77)68-65-62-59-56-53-50-47-44-33-30-27-24-21-18-15-12-9-6-3)82-76(79)70-67-64-61-58-55-52-49-46-42-32-29-26-23-20-17-14-11-8-5-2/h7,10,16,19,21,24-25,28,30,33-35,37-38,40-41,45,48,54,57,73H,4-6,8-9,11-15,17-18,20,22-23,26-27,29,31-32,36,39,42-44,46-47,49-53,55-56,58-72H2,1-3H3/b10-7-,19-16-,24-21-,28-25-,33-30-,35-34-,38-37-,41-40-,48-45-,57-54-. The Morgan fingerprint density at radius 2 is 0.476 bits per heavy atom. The first-order chi connectivity index (χ1) is 40.5. The van der Waals surface area contributed by atoms with Gasteiger partial charge in [-0.15, -0.1) is 0 Å². The van der Waals surface area contributed by atoms with Gasteiger partial charge in [-0.1, -0.05) is 309 Å². The molecule has 0 fully saturated rings. The van der Waals surface area contributed by atoms with Crippen LogP contribution in [0, 0.1) is 0 Å². The predicted octanol–water partition coefficient (Wildman–Crippen LogP) is 23.9. The van der Waals surface area contributed by atoms with Gasteiger partial charge in [-0.25, -0.2) is 0 Å². The summed E-state index contributed by atoms with van der Waals surface area (Å²) in [6.07, 6.45) is 96.4. The lowest BCUT2D eigenvalue weighted by Crippen LogP contribution is -2.30. The molecule has 0 saturated carbocycles. The van der Waals surface area contributed by atoms with Crippen molar-refractivity contribution in [3.8, 4) is 0 Å². The van der Waals surface area contributed by atoms with Crippen molar-refractivity contribution in [2.75, 3.05) is 13.2 Å². The molecule has 0 bridgehead atoms. The van der Waals surface area contributed by atoms with Crippen LogP contribution in [0.3, 0.4) is 0 Å². The summed E-state index contributed by atoms with van der Waals surface area (Å²) >= 11 is 0. The minimum absolute atomic E-state index is 0.0958. The smallest absolute Gasteiger partial charge is 0.306 e. The van der Waals surface area contributed by atoms with Crippen LogP contribution in [0.2, 0.25) is 0 Å². The van der Waals surface area contributed by atoms with Gasteiger partial charge in [0.1, 0.15) is 13.2 Å². The van der Waals surface area contributed by atoms with Gasteiger partial charge in [-0.2, -0.15) is 0 Å². The second-order valence-corrected chi connectivity index (χ2v) is 22.7. The Balaban J connectivity index is 4.46. The average molecular weight is 1140 g/mol. The Labute approximate surface area is 507 Å². The van der Waals surface area contributed by atoms with E-state index >= 15 is 0 Å². The second kappa shape index (κ2) is 69.3. The highest BCUT2D eigenvalue weighted by molar-refractivity contribution is 5.71. The molecule has 1 unspecified atom stereocenters. The van der Waals surface area contributed by atoms with E-state index in [0.717, 1.165) is 122 Å². The maximum atomic E-state index is 13.0. The highest BCUT2D eigenvalue weighted by Gasteiger charge is 2.19. The molecule has 6 heteroatoms. The molecule has 0 aromatic heterocycles. The molecule has 0 rings (SSSR count). The van der Waals surface area contributed by atoms with Gasteiger partial charge >= 0.3 is 17.9 Å². The molecule has 0 aliphatic heterocycles. The maximum Gasteiger partial charge on any atom is 0.306 e. The summed E-state index contributed by atoms with van der Waals surface area (Å²) in [7, 11) is 0. The van der Waals surface area contributed by atoms with Crippen LogP contribution < -0.4 is 0 Å². The predicted molar refractivity (Wildman–Crippen MR) is 357 cm³/mol. The van der Waals surface area contributed by atoms with Gasteiger partial charge in [-0.05, 0) is 116 Å². The molecule has 0 amide bonds. The van der Waals surface area contributed by atoms with Gasteiger partial charge in [0, 0.05) is 19.3 Å². The fraction of sp³-hybridized carbons (Fsp3) is 0.697. The van der Waals surface area contributed by atoms with E-state index in [4.69, 9.17) is 14.2 Å². The van der Waals surface area contributed by atoms with Gasteiger partial charge in [-0.3, -0.25) is 14.4 Å². The minimum Gasteiger partial charge on any atom is -0.462 e. The van der Waals surface area contributed by atoms with Crippen LogP contribution >= 0.6 is 0 Å². The summed E-state index contributed by atoms with van der Waals surface area (Å²) in [6.45, 7) is 6.50. The lowest BCUT2D eigenvalue weighted by Gasteiger charge is -2.18. The first-order valence-corrected chi connectivity index (χ1v) is 34.5. The van der Waals surface area contributed by atoms with Crippen LogP contribution in [0.5, 0.6) is 0 Å². The minimum atomic E-state index is -0.803. The molecule has 0 saturated heterocycles. The van der Waals surface area contributed by atoms with Crippen molar-refractivity contribution in [3.63, 3.8) is 0 Å². The number of carbonyl (C=O) groups is 3. The first-order valence-electron chi connectivity index (χ1n) is 34.5. The molecule has 0 aromatic rings. The largest absolute Gasteiger partial charge is 0.462 e. The summed E-state index contributed by atoms with van der Waals surface area (Å²) in [6, 6.07) is 0. The van der Waals surface area contributed by atoms with E-state index in [1.165, 1.54) is 161 Å². The van der Waals surface area contributed by atoms with E-state index in [9.17, 15) is 14.4 Å². The summed E-state index contributed by atoms with van der Waals surface area (Å²) in [5.74, 6) is -0.936. The lowest BCUT2D eigenvalue weighted by atomic mass is 10.0. The van der Waals surface area contributed by atoms with Gasteiger partial charge in [0.05, 0.1) is 0 Å². The third-order valence-electron chi connectivity index (χ3n) is 14.7. The fourth-order valence-corrected chi connectivity index (χ4v) is 9.55. The molecule has 0 spiro atoms. The molecular formula is C76H128O6. The zero-order valence-electron chi connectivity index (χ0n) is 53.7. The maximum absolute atomic E-state index is 13.0. The summed E-state index contributed by atoms with van der Waals surface area (Å²) in [4.78, 5) is 38.4. The van der Waals surface area contributed by atoms with Crippen LogP contribution in [0.1, 0.15) is 323 Å². The zero-order valence-corrected chi connectivity index (χ0v) is 53.7. The van der Waals surface area contributed by atoms with E-state index in [0.29, 0.717) is 19.3 Å². The quantitative estimate of drug-likeness (QED) is 0.0261. The second-order valence-electron chi connectivity index (χ2n) is 22.7. The number of carbonyl (C=O) groups excluding carboxylic acids is 3. The number of allylic oxidation sites excluding steroid dienone is 20. The fourth-order valence-electron chi connectivity index (χ4n) is 9.55. The number of unbranched alkanes of at least 4 members (excludes halogenated alkanes) is 31. The number of hydrogen-bond acceptors (Lipinski definition) is 6. The number of hydrogen-bond donors (Lipinski definition) is 0. The van der Waals surface area contributed by atoms with Gasteiger partial charge in [0.2, 0.25) is 0 Å². The van der Waals surface area contributed by atoms with Crippen molar-refractivity contribution >= 4 is 17.9 Å². The average Bonchev–Trinajstić information content (AvgIpc) is 3.47. The summed E-state index contributed by atoms with van der Waals surface area (Å²) in [5.41, 5.74) is 0. The van der Waals surface area contributed by atoms with Crippen molar-refractivity contribution in [2.24, 2.45) is 0 Å². The molecule has 468 valence electrons. The third kappa shape index (κ3) is 66.6. The van der Waals surface area contributed by atoms with Crippen LogP contribution in [0.25, 0.3) is 0 Å². The molecule has 0 aromatic carbocycles. The van der Waals surface area contributed by atoms with Crippen molar-refractivity contribution < 1.29 is 28.6 Å². The van der Waals surface area contributed by atoms with Crippen molar-refractivity contribution in [2.45, 2.75) is 329 Å². The number of rotatable bonds is 62. The Morgan fingerprint density at radius 1 is 0.256 bits per heavy atom. The molecule has 0 heterocycles. The Morgan fingerprint density at radius 3 is 0.780 bits per heavy atom. The van der Waals surface area contributed by atoms with E-state index in [1.807, 2.05) is 0 Å². The van der Waals surface area contributed by atoms with Gasteiger partial charge < -0.3 is 14.2 Å². The highest BCUT2D eigenvalue weighted by atomic mass is 16.6. The highest BCUT2D eigenvalue weighted by Crippen LogP contribution is 2.17. The first kappa shape index (κ1) is 77.8. The Hall–Kier alpha value is -4.19. The molecule has 6 nitrogen and oxygen atoms in total. The molecule has 1 atom stereocenters. The van der Waals surface area contributed by atoms with Gasteiger partial charge in [0.15, 0.2) is 6.10 Å². The molecule has 0 aliphatic rings. The normalized spacial score (nSPS) is 12.9. The monoisotopic (exact) mass is 1140 g/mol. The van der Waals surface area contributed by atoms with Crippen LogP contribution in [-0.4, -0.2) is 37.2 Å². The van der Waals surface area contributed by atoms with E-state index in [2.05, 4.69) is 142 Å². The zero-order chi connectivity index (χ0) is 59.2. The SMILES string of the molecule is CC/C=C\C/C=C\C/C=C\C/C=C\C/C=C\C/C=C\C/C=C\C/C=C\CCCCC(=O)OCC(COC(=O)CCCCCCCCC/C=C\C/C=C\CCCCCC)OC(=O)CCCCCCCCCCCCCCCCCCCCC. The van der Waals surface area contributed by atoms with E-state index in [-0.39, 0.29) is 31.1 Å². The number of ether oxygens (including phenoxy) is 3. The molecule has 0 radical (unpaired) electrons. The molecule has 82 heavy (non-hydrogen) atoms. The third-order valence-corrected chi connectivity index (χ3v) is 14.7. The summed E-state index contributed by atoms with van der Waals surface area (Å²) in [5, 5.41) is 0. The Kier molecular flexibility index (Phi) is 65.8. The number of esters is 3. The van der Waals surface area contributed by atoms with Crippen molar-refractivity contribution in [3.05, 3.63) is 122 Å². The molecule has 0 aliphatic carbocycles. The molecule has 0 N–H and O–H groups in total. The van der Waals surface area contributed by atoms with E-state index in [1.54, 1.807) is 0 Å². The summed E-state index contributed by atoms with van der Waals surface area (Å²) < 4.78 is 16.9. The Bertz CT molecular complexity index is 1690. The van der Waals surface area contributed by atoms with Crippen molar-refractivity contribution in [1.29, 1.82) is 0 Å². The van der Waals surface area contributed by atoms with E-state index < -0.39 is 6.10 Å². The topological polar surface area (TPSA) is 78.9 Å². The lowest BCUT2D eigenvalue weighted by molar-refractivity contribution is -0.167. The van der Waals surface area contributed by atoms with Crippen LogP contribution in [0.4, 0.5) is 0 Å².